The molecule has 7 nitrogen and oxygen atoms in total. The number of morpholine rings is 1. The van der Waals surface area contributed by atoms with E-state index in [2.05, 4.69) is 0 Å². The zero-order chi connectivity index (χ0) is 15.6. The van der Waals surface area contributed by atoms with Crippen LogP contribution in [-0.2, 0) is 19.6 Å². The number of ether oxygens (including phenoxy) is 2. The highest BCUT2D eigenvalue weighted by Crippen LogP contribution is 2.28. The quantitative estimate of drug-likeness (QED) is 0.868. The van der Waals surface area contributed by atoms with E-state index in [1.54, 1.807) is 19.1 Å². The molecule has 21 heavy (non-hydrogen) atoms. The van der Waals surface area contributed by atoms with Crippen molar-refractivity contribution in [2.24, 2.45) is 0 Å². The Hall–Kier alpha value is -1.64. The van der Waals surface area contributed by atoms with Crippen LogP contribution in [0, 0.1) is 6.92 Å². The number of benzene rings is 1. The number of sulfonamides is 1. The first-order valence-corrected chi connectivity index (χ1v) is 7.79. The van der Waals surface area contributed by atoms with E-state index < -0.39 is 22.1 Å². The number of aliphatic carboxylic acids is 1. The van der Waals surface area contributed by atoms with Crippen molar-refractivity contribution in [3.8, 4) is 5.75 Å². The fourth-order valence-electron chi connectivity index (χ4n) is 2.12. The third-order valence-corrected chi connectivity index (χ3v) is 5.13. The minimum atomic E-state index is -3.83. The Morgan fingerprint density at radius 3 is 2.81 bits per heavy atom. The van der Waals surface area contributed by atoms with E-state index >= 15 is 0 Å². The van der Waals surface area contributed by atoms with Gasteiger partial charge < -0.3 is 14.6 Å². The van der Waals surface area contributed by atoms with Crippen LogP contribution in [0.1, 0.15) is 5.56 Å². The van der Waals surface area contributed by atoms with Crippen LogP contribution in [0.3, 0.4) is 0 Å². The second-order valence-electron chi connectivity index (χ2n) is 4.72. The lowest BCUT2D eigenvalue weighted by molar-refractivity contribution is -0.153. The number of carboxylic acid groups (broad SMARTS) is 1. The topological polar surface area (TPSA) is 93.1 Å². The average Bonchev–Trinajstić information content (AvgIpc) is 2.47. The molecular weight excluding hydrogens is 298 g/mol. The zero-order valence-electron chi connectivity index (χ0n) is 11.8. The number of rotatable bonds is 4. The Bertz CT molecular complexity index is 642. The number of carboxylic acids is 1. The molecule has 0 aromatic heterocycles. The molecule has 1 aromatic rings. The molecule has 1 atom stereocenters. The van der Waals surface area contributed by atoms with Crippen LogP contribution in [0.5, 0.6) is 5.75 Å². The first-order chi connectivity index (χ1) is 9.86. The van der Waals surface area contributed by atoms with E-state index in [1.165, 1.54) is 13.2 Å². The van der Waals surface area contributed by atoms with Crippen LogP contribution in [0.15, 0.2) is 23.1 Å². The van der Waals surface area contributed by atoms with Gasteiger partial charge in [0.2, 0.25) is 10.0 Å². The van der Waals surface area contributed by atoms with Gasteiger partial charge in [-0.1, -0.05) is 6.07 Å². The van der Waals surface area contributed by atoms with Crippen LogP contribution < -0.4 is 4.74 Å². The third kappa shape index (κ3) is 3.17. The molecule has 1 aromatic carbocycles. The van der Waals surface area contributed by atoms with E-state index in [0.717, 1.165) is 9.87 Å². The maximum absolute atomic E-state index is 12.7. The molecule has 1 aliphatic heterocycles. The van der Waals surface area contributed by atoms with Gasteiger partial charge in [-0.3, -0.25) is 0 Å². The maximum atomic E-state index is 12.7. The Morgan fingerprint density at radius 2 is 2.19 bits per heavy atom. The van der Waals surface area contributed by atoms with Gasteiger partial charge in [0.15, 0.2) is 6.10 Å². The number of carbonyl (C=O) groups is 1. The first kappa shape index (κ1) is 15.7. The van der Waals surface area contributed by atoms with Gasteiger partial charge in [-0.2, -0.15) is 4.31 Å². The van der Waals surface area contributed by atoms with E-state index in [4.69, 9.17) is 14.6 Å². The van der Waals surface area contributed by atoms with Crippen molar-refractivity contribution in [1.29, 1.82) is 0 Å². The highest BCUT2D eigenvalue weighted by atomic mass is 32.2. The summed E-state index contributed by atoms with van der Waals surface area (Å²) in [7, 11) is -2.44. The Balaban J connectivity index is 2.38. The fourth-order valence-corrected chi connectivity index (χ4v) is 3.78. The summed E-state index contributed by atoms with van der Waals surface area (Å²) in [5, 5.41) is 8.97. The normalized spacial score (nSPS) is 20.2. The van der Waals surface area contributed by atoms with Crippen molar-refractivity contribution < 1.29 is 27.8 Å². The van der Waals surface area contributed by atoms with Gasteiger partial charge in [-0.05, 0) is 24.6 Å². The van der Waals surface area contributed by atoms with Gasteiger partial charge in [0.05, 0.1) is 20.3 Å². The van der Waals surface area contributed by atoms with E-state index in [9.17, 15) is 13.2 Å². The molecule has 116 valence electrons. The Kier molecular flexibility index (Phi) is 4.50. The number of hydrogen-bond donors (Lipinski definition) is 1. The van der Waals surface area contributed by atoms with Crippen molar-refractivity contribution in [3.05, 3.63) is 23.8 Å². The predicted molar refractivity (Wildman–Crippen MR) is 73.9 cm³/mol. The number of aryl methyl sites for hydroxylation is 1. The van der Waals surface area contributed by atoms with Crippen LogP contribution >= 0.6 is 0 Å². The standard InChI is InChI=1S/C13H17NO6S/c1-9-3-4-10(19-2)12(7-9)21(17,18)14-5-6-20-11(8-14)13(15)16/h3-4,7,11H,5-6,8H2,1-2H3,(H,15,16). The molecule has 1 saturated heterocycles. The van der Waals surface area contributed by atoms with Gasteiger partial charge in [0, 0.05) is 6.54 Å². The number of hydrogen-bond acceptors (Lipinski definition) is 5. The second kappa shape index (κ2) is 6.00. The van der Waals surface area contributed by atoms with Crippen LogP contribution in [0.2, 0.25) is 0 Å². The van der Waals surface area contributed by atoms with Crippen molar-refractivity contribution in [2.75, 3.05) is 26.8 Å². The summed E-state index contributed by atoms with van der Waals surface area (Å²) in [5.41, 5.74) is 0.775. The minimum absolute atomic E-state index is 0.0380. The molecule has 1 unspecified atom stereocenters. The van der Waals surface area contributed by atoms with Gasteiger partial charge in [-0.25, -0.2) is 13.2 Å². The minimum Gasteiger partial charge on any atom is -0.495 e. The SMILES string of the molecule is COc1ccc(C)cc1S(=O)(=O)N1CCOC(C(=O)O)C1. The van der Waals surface area contributed by atoms with Gasteiger partial charge in [0.25, 0.3) is 0 Å². The van der Waals surface area contributed by atoms with Crippen LogP contribution in [0.25, 0.3) is 0 Å². The lowest BCUT2D eigenvalue weighted by atomic mass is 10.2. The molecule has 1 fully saturated rings. The third-order valence-electron chi connectivity index (χ3n) is 3.24. The summed E-state index contributed by atoms with van der Waals surface area (Å²) < 4.78 is 36.6. The summed E-state index contributed by atoms with van der Waals surface area (Å²) in [6.45, 7) is 1.72. The van der Waals surface area contributed by atoms with Gasteiger partial charge in [0.1, 0.15) is 10.6 Å². The molecule has 1 N–H and O–H groups in total. The van der Waals surface area contributed by atoms with Crippen LogP contribution in [-0.4, -0.2) is 56.7 Å². The molecule has 0 bridgehead atoms. The summed E-state index contributed by atoms with van der Waals surface area (Å²) in [6, 6.07) is 4.84. The second-order valence-corrected chi connectivity index (χ2v) is 6.62. The average molecular weight is 315 g/mol. The van der Waals surface area contributed by atoms with E-state index in [-0.39, 0.29) is 30.3 Å². The summed E-state index contributed by atoms with van der Waals surface area (Å²) >= 11 is 0. The molecule has 0 amide bonds. The van der Waals surface area contributed by atoms with Gasteiger partial charge >= 0.3 is 5.97 Å². The summed E-state index contributed by atoms with van der Waals surface area (Å²) in [4.78, 5) is 11.0. The van der Waals surface area contributed by atoms with Crippen molar-refractivity contribution in [2.45, 2.75) is 17.9 Å². The highest BCUT2D eigenvalue weighted by molar-refractivity contribution is 7.89. The Morgan fingerprint density at radius 1 is 1.48 bits per heavy atom. The fraction of sp³-hybridized carbons (Fsp3) is 0.462. The van der Waals surface area contributed by atoms with Crippen molar-refractivity contribution in [3.63, 3.8) is 0 Å². The molecule has 2 rings (SSSR count). The molecular formula is C13H17NO6S. The zero-order valence-corrected chi connectivity index (χ0v) is 12.6. The van der Waals surface area contributed by atoms with Crippen LogP contribution in [0.4, 0.5) is 0 Å². The Labute approximate surface area is 123 Å². The smallest absolute Gasteiger partial charge is 0.334 e. The number of methoxy groups -OCH3 is 1. The molecule has 8 heteroatoms. The van der Waals surface area contributed by atoms with E-state index in [0.29, 0.717) is 0 Å². The molecule has 1 heterocycles. The molecule has 0 spiro atoms. The largest absolute Gasteiger partial charge is 0.495 e. The maximum Gasteiger partial charge on any atom is 0.334 e. The first-order valence-electron chi connectivity index (χ1n) is 6.35. The lowest BCUT2D eigenvalue weighted by Gasteiger charge is -2.30. The van der Waals surface area contributed by atoms with Crippen molar-refractivity contribution >= 4 is 16.0 Å². The molecule has 0 radical (unpaired) electrons. The summed E-state index contributed by atoms with van der Waals surface area (Å²) in [5.74, 6) is -0.940. The van der Waals surface area contributed by atoms with Gasteiger partial charge in [-0.15, -0.1) is 0 Å². The predicted octanol–water partition coefficient (Wildman–Crippen LogP) is 0.478. The highest BCUT2D eigenvalue weighted by Gasteiger charge is 2.35. The number of nitrogens with zero attached hydrogens (tertiary/aromatic N) is 1. The van der Waals surface area contributed by atoms with E-state index in [1.807, 2.05) is 0 Å². The summed E-state index contributed by atoms with van der Waals surface area (Å²) in [6.07, 6.45) is -1.15. The monoisotopic (exact) mass is 315 g/mol. The van der Waals surface area contributed by atoms with Crippen molar-refractivity contribution in [1.82, 2.24) is 4.31 Å². The molecule has 0 aliphatic carbocycles. The molecule has 1 aliphatic rings. The molecule has 0 saturated carbocycles. The lowest BCUT2D eigenvalue weighted by Crippen LogP contribution is -2.48.